The summed E-state index contributed by atoms with van der Waals surface area (Å²) in [6, 6.07) is 7.23. The Hall–Kier alpha value is -2.12. The van der Waals surface area contributed by atoms with Crippen LogP contribution in [-0.4, -0.2) is 41.3 Å². The lowest BCUT2D eigenvalue weighted by molar-refractivity contribution is 0.122. The van der Waals surface area contributed by atoms with Gasteiger partial charge < -0.3 is 9.64 Å². The van der Waals surface area contributed by atoms with Gasteiger partial charge in [-0.15, -0.1) is 0 Å². The second-order valence-corrected chi connectivity index (χ2v) is 6.43. The van der Waals surface area contributed by atoms with Crippen LogP contribution in [0.15, 0.2) is 41.3 Å². The van der Waals surface area contributed by atoms with Crippen molar-refractivity contribution < 1.29 is 9.13 Å². The molecular weight excluding hydrogens is 375 g/mol. The van der Waals surface area contributed by atoms with Crippen molar-refractivity contribution in [3.8, 4) is 11.3 Å². The fraction of sp³-hybridized carbons (Fsp3) is 0.235. The van der Waals surface area contributed by atoms with Crippen LogP contribution in [0.3, 0.4) is 0 Å². The van der Waals surface area contributed by atoms with Crippen LogP contribution < -0.4 is 4.90 Å². The molecule has 1 aliphatic rings. The Morgan fingerprint density at radius 3 is 2.71 bits per heavy atom. The molecule has 0 unspecified atom stereocenters. The molecule has 0 saturated carbocycles. The van der Waals surface area contributed by atoms with E-state index >= 15 is 0 Å². The lowest BCUT2D eigenvalue weighted by Gasteiger charge is -2.28. The smallest absolute Gasteiger partial charge is 0.166 e. The van der Waals surface area contributed by atoms with E-state index in [0.717, 1.165) is 15.4 Å². The SMILES string of the molecule is Fc1cc(-c2ncnc3ccc(Br)cc23)cnc1N1CCOCC1. The number of morpholine rings is 1. The number of fused-ring (bicyclic) bond motifs is 1. The molecule has 0 bridgehead atoms. The highest BCUT2D eigenvalue weighted by Crippen LogP contribution is 2.29. The number of hydrogen-bond acceptors (Lipinski definition) is 5. The number of pyridine rings is 1. The number of rotatable bonds is 2. The molecule has 3 heterocycles. The summed E-state index contributed by atoms with van der Waals surface area (Å²) in [5.74, 6) is 0.0118. The third-order valence-electron chi connectivity index (χ3n) is 4.00. The van der Waals surface area contributed by atoms with Crippen molar-refractivity contribution in [1.82, 2.24) is 15.0 Å². The first-order chi connectivity index (χ1) is 11.7. The van der Waals surface area contributed by atoms with Crippen LogP contribution in [0.1, 0.15) is 0 Å². The van der Waals surface area contributed by atoms with E-state index in [1.165, 1.54) is 12.4 Å². The van der Waals surface area contributed by atoms with Crippen molar-refractivity contribution in [3.05, 3.63) is 47.1 Å². The molecule has 0 spiro atoms. The van der Waals surface area contributed by atoms with Gasteiger partial charge in [0.15, 0.2) is 11.6 Å². The van der Waals surface area contributed by atoms with Gasteiger partial charge in [-0.2, -0.15) is 0 Å². The molecule has 4 rings (SSSR count). The van der Waals surface area contributed by atoms with Gasteiger partial charge in [0.2, 0.25) is 0 Å². The fourth-order valence-electron chi connectivity index (χ4n) is 2.83. The molecule has 5 nitrogen and oxygen atoms in total. The van der Waals surface area contributed by atoms with Gasteiger partial charge in [-0.05, 0) is 24.3 Å². The summed E-state index contributed by atoms with van der Waals surface area (Å²) < 4.78 is 20.8. The van der Waals surface area contributed by atoms with Gasteiger partial charge in [0.25, 0.3) is 0 Å². The monoisotopic (exact) mass is 388 g/mol. The third-order valence-corrected chi connectivity index (χ3v) is 4.50. The van der Waals surface area contributed by atoms with Gasteiger partial charge >= 0.3 is 0 Å². The predicted molar refractivity (Wildman–Crippen MR) is 93.5 cm³/mol. The topological polar surface area (TPSA) is 51.1 Å². The quantitative estimate of drug-likeness (QED) is 0.672. The minimum Gasteiger partial charge on any atom is -0.378 e. The van der Waals surface area contributed by atoms with E-state index in [-0.39, 0.29) is 5.82 Å². The maximum atomic E-state index is 14.6. The minimum absolute atomic E-state index is 0.351. The summed E-state index contributed by atoms with van der Waals surface area (Å²) >= 11 is 3.45. The summed E-state index contributed by atoms with van der Waals surface area (Å²) in [5, 5.41) is 0.854. The average molecular weight is 389 g/mol. The zero-order valence-electron chi connectivity index (χ0n) is 12.7. The van der Waals surface area contributed by atoms with Crippen LogP contribution >= 0.6 is 15.9 Å². The van der Waals surface area contributed by atoms with Crippen LogP contribution in [0.4, 0.5) is 10.2 Å². The van der Waals surface area contributed by atoms with Crippen molar-refractivity contribution >= 4 is 32.7 Å². The van der Waals surface area contributed by atoms with E-state index in [1.807, 2.05) is 23.1 Å². The molecule has 1 aromatic carbocycles. The second kappa shape index (κ2) is 6.41. The molecular formula is C17H14BrFN4O. The lowest BCUT2D eigenvalue weighted by Crippen LogP contribution is -2.37. The Morgan fingerprint density at radius 1 is 1.08 bits per heavy atom. The molecule has 0 radical (unpaired) electrons. The number of ether oxygens (including phenoxy) is 1. The molecule has 1 fully saturated rings. The first kappa shape index (κ1) is 15.4. The molecule has 24 heavy (non-hydrogen) atoms. The number of benzene rings is 1. The van der Waals surface area contributed by atoms with Crippen molar-refractivity contribution in [3.63, 3.8) is 0 Å². The first-order valence-corrected chi connectivity index (χ1v) is 8.40. The summed E-state index contributed by atoms with van der Waals surface area (Å²) in [6.45, 7) is 2.47. The molecule has 1 aliphatic heterocycles. The zero-order valence-corrected chi connectivity index (χ0v) is 14.3. The average Bonchev–Trinajstić information content (AvgIpc) is 2.62. The van der Waals surface area contributed by atoms with E-state index < -0.39 is 0 Å². The molecule has 3 aromatic rings. The Bertz CT molecular complexity index is 899. The summed E-state index contributed by atoms with van der Waals surface area (Å²) in [5.41, 5.74) is 2.11. The van der Waals surface area contributed by atoms with E-state index in [9.17, 15) is 4.39 Å². The van der Waals surface area contributed by atoms with Gasteiger partial charge in [-0.3, -0.25) is 0 Å². The number of nitrogens with zero attached hydrogens (tertiary/aromatic N) is 4. The molecule has 0 aliphatic carbocycles. The maximum Gasteiger partial charge on any atom is 0.166 e. The van der Waals surface area contributed by atoms with E-state index in [2.05, 4.69) is 30.9 Å². The third kappa shape index (κ3) is 2.85. The predicted octanol–water partition coefficient (Wildman–Crippen LogP) is 3.43. The van der Waals surface area contributed by atoms with Crippen LogP contribution in [0.2, 0.25) is 0 Å². The van der Waals surface area contributed by atoms with Gasteiger partial charge in [-0.25, -0.2) is 19.3 Å². The largest absolute Gasteiger partial charge is 0.378 e. The molecule has 122 valence electrons. The van der Waals surface area contributed by atoms with Crippen LogP contribution in [0.5, 0.6) is 0 Å². The van der Waals surface area contributed by atoms with Crippen molar-refractivity contribution in [2.24, 2.45) is 0 Å². The van der Waals surface area contributed by atoms with Crippen molar-refractivity contribution in [2.45, 2.75) is 0 Å². The summed E-state index contributed by atoms with van der Waals surface area (Å²) in [4.78, 5) is 14.8. The van der Waals surface area contributed by atoms with Gasteiger partial charge in [0.05, 0.1) is 24.4 Å². The standard InChI is InChI=1S/C17H14BrFN4O/c18-12-1-2-15-13(8-12)16(22-10-21-15)11-7-14(19)17(20-9-11)23-3-5-24-6-4-23/h1-2,7-10H,3-6H2. The van der Waals surface area contributed by atoms with E-state index in [4.69, 9.17) is 4.74 Å². The Morgan fingerprint density at radius 2 is 1.92 bits per heavy atom. The normalized spacial score (nSPS) is 15.0. The highest BCUT2D eigenvalue weighted by atomic mass is 79.9. The molecule has 1 saturated heterocycles. The summed E-state index contributed by atoms with van der Waals surface area (Å²) in [7, 11) is 0. The Labute approximate surface area is 146 Å². The van der Waals surface area contributed by atoms with Crippen molar-refractivity contribution in [1.29, 1.82) is 0 Å². The lowest BCUT2D eigenvalue weighted by atomic mass is 10.1. The molecule has 2 aromatic heterocycles. The maximum absolute atomic E-state index is 14.6. The summed E-state index contributed by atoms with van der Waals surface area (Å²) in [6.07, 6.45) is 3.15. The molecule has 0 amide bonds. The van der Waals surface area contributed by atoms with E-state index in [0.29, 0.717) is 43.4 Å². The highest BCUT2D eigenvalue weighted by molar-refractivity contribution is 9.10. The number of hydrogen-bond donors (Lipinski definition) is 0. The van der Waals surface area contributed by atoms with Crippen LogP contribution in [0.25, 0.3) is 22.2 Å². The zero-order chi connectivity index (χ0) is 16.5. The first-order valence-electron chi connectivity index (χ1n) is 7.61. The fourth-order valence-corrected chi connectivity index (χ4v) is 3.19. The minimum atomic E-state index is -0.351. The number of halogens is 2. The highest BCUT2D eigenvalue weighted by Gasteiger charge is 2.18. The van der Waals surface area contributed by atoms with Gasteiger partial charge in [-0.1, -0.05) is 15.9 Å². The van der Waals surface area contributed by atoms with Gasteiger partial charge in [0, 0.05) is 34.7 Å². The molecule has 7 heteroatoms. The van der Waals surface area contributed by atoms with Crippen molar-refractivity contribution in [2.75, 3.05) is 31.2 Å². The van der Waals surface area contributed by atoms with E-state index in [1.54, 1.807) is 6.20 Å². The Balaban J connectivity index is 1.77. The second-order valence-electron chi connectivity index (χ2n) is 5.51. The number of aromatic nitrogens is 3. The molecule has 0 N–H and O–H groups in total. The van der Waals surface area contributed by atoms with Crippen LogP contribution in [0, 0.1) is 5.82 Å². The van der Waals surface area contributed by atoms with Gasteiger partial charge in [0.1, 0.15) is 6.33 Å². The number of anilines is 1. The molecule has 0 atom stereocenters. The van der Waals surface area contributed by atoms with Crippen LogP contribution in [-0.2, 0) is 4.74 Å². The Kier molecular flexibility index (Phi) is 4.12.